The Kier molecular flexibility index (Phi) is 4.21. The molecule has 1 atom stereocenters. The molecule has 0 aliphatic rings. The van der Waals surface area contributed by atoms with Gasteiger partial charge in [0.05, 0.1) is 3.79 Å². The van der Waals surface area contributed by atoms with Gasteiger partial charge in [-0.2, -0.15) is 0 Å². The Hall–Kier alpha value is 0.100. The van der Waals surface area contributed by atoms with E-state index in [2.05, 4.69) is 39.6 Å². The van der Waals surface area contributed by atoms with Gasteiger partial charge in [-0.1, -0.05) is 0 Å². The lowest BCUT2D eigenvalue weighted by Gasteiger charge is -2.09. The van der Waals surface area contributed by atoms with Crippen LogP contribution in [0, 0.1) is 0 Å². The lowest BCUT2D eigenvalue weighted by atomic mass is 10.3. The van der Waals surface area contributed by atoms with Gasteiger partial charge >= 0.3 is 0 Å². The van der Waals surface area contributed by atoms with E-state index in [1.807, 2.05) is 0 Å². The van der Waals surface area contributed by atoms with Crippen molar-refractivity contribution in [3.05, 3.63) is 20.8 Å². The number of thiophene rings is 1. The number of hydrogen-bond donors (Lipinski definition) is 2. The van der Waals surface area contributed by atoms with Crippen LogP contribution in [-0.4, -0.2) is 12.6 Å². The van der Waals surface area contributed by atoms with E-state index in [0.717, 1.165) is 6.54 Å². The molecule has 0 fully saturated rings. The zero-order valence-electron chi connectivity index (χ0n) is 7.01. The van der Waals surface area contributed by atoms with Crippen LogP contribution >= 0.6 is 27.3 Å². The normalized spacial score (nSPS) is 13.2. The van der Waals surface area contributed by atoms with Crippen molar-refractivity contribution in [2.45, 2.75) is 19.5 Å². The first-order valence-electron chi connectivity index (χ1n) is 3.88. The van der Waals surface area contributed by atoms with Crippen molar-refractivity contribution in [2.75, 3.05) is 6.54 Å². The van der Waals surface area contributed by atoms with Crippen molar-refractivity contribution in [1.82, 2.24) is 5.32 Å². The van der Waals surface area contributed by atoms with E-state index in [0.29, 0.717) is 12.6 Å². The standard InChI is InChI=1S/C8H13BrN2S/c1-6(3-10)11-4-7-2-8(9)12-5-7/h2,5-6,11H,3-4,10H2,1H3/t6-/m0/s1. The largest absolute Gasteiger partial charge is 0.329 e. The van der Waals surface area contributed by atoms with Crippen molar-refractivity contribution < 1.29 is 0 Å². The number of nitrogens with one attached hydrogen (secondary N) is 1. The number of hydrogen-bond acceptors (Lipinski definition) is 3. The van der Waals surface area contributed by atoms with E-state index < -0.39 is 0 Å². The summed E-state index contributed by atoms with van der Waals surface area (Å²) >= 11 is 5.13. The molecule has 0 aliphatic carbocycles. The monoisotopic (exact) mass is 248 g/mol. The van der Waals surface area contributed by atoms with Gasteiger partial charge in [-0.3, -0.25) is 0 Å². The predicted molar refractivity (Wildman–Crippen MR) is 57.4 cm³/mol. The minimum Gasteiger partial charge on any atom is -0.329 e. The third-order valence-corrected chi connectivity index (χ3v) is 3.18. The van der Waals surface area contributed by atoms with E-state index in [4.69, 9.17) is 5.73 Å². The van der Waals surface area contributed by atoms with Crippen molar-refractivity contribution in [1.29, 1.82) is 0 Å². The SMILES string of the molecule is C[C@@H](CN)NCc1csc(Br)c1. The first-order valence-corrected chi connectivity index (χ1v) is 5.56. The third kappa shape index (κ3) is 3.23. The highest BCUT2D eigenvalue weighted by molar-refractivity contribution is 9.11. The minimum absolute atomic E-state index is 0.392. The molecule has 0 unspecified atom stereocenters. The van der Waals surface area contributed by atoms with Crippen LogP contribution in [0.2, 0.25) is 0 Å². The summed E-state index contributed by atoms with van der Waals surface area (Å²) in [6.07, 6.45) is 0. The predicted octanol–water partition coefficient (Wildman–Crippen LogP) is 1.95. The molecule has 0 amide bonds. The highest BCUT2D eigenvalue weighted by Gasteiger charge is 1.99. The van der Waals surface area contributed by atoms with Crippen LogP contribution < -0.4 is 11.1 Å². The molecule has 12 heavy (non-hydrogen) atoms. The number of nitrogens with two attached hydrogens (primary N) is 1. The minimum atomic E-state index is 0.392. The zero-order valence-corrected chi connectivity index (χ0v) is 9.41. The van der Waals surface area contributed by atoms with Crippen LogP contribution in [-0.2, 0) is 6.54 Å². The summed E-state index contributed by atoms with van der Waals surface area (Å²) in [5.41, 5.74) is 6.78. The average Bonchev–Trinajstić information content (AvgIpc) is 2.47. The Morgan fingerprint density at radius 2 is 2.50 bits per heavy atom. The van der Waals surface area contributed by atoms with E-state index in [1.165, 1.54) is 9.35 Å². The van der Waals surface area contributed by atoms with Crippen LogP contribution in [0.1, 0.15) is 12.5 Å². The van der Waals surface area contributed by atoms with E-state index in [1.54, 1.807) is 11.3 Å². The molecular weight excluding hydrogens is 236 g/mol. The lowest BCUT2D eigenvalue weighted by Crippen LogP contribution is -2.32. The third-order valence-electron chi connectivity index (χ3n) is 1.63. The van der Waals surface area contributed by atoms with Gasteiger partial charge in [0.15, 0.2) is 0 Å². The molecule has 0 saturated carbocycles. The average molecular weight is 249 g/mol. The Bertz CT molecular complexity index is 237. The summed E-state index contributed by atoms with van der Waals surface area (Å²) in [6, 6.07) is 2.52. The van der Waals surface area contributed by atoms with Gasteiger partial charge in [0.2, 0.25) is 0 Å². The second-order valence-electron chi connectivity index (χ2n) is 2.78. The summed E-state index contributed by atoms with van der Waals surface area (Å²) in [6.45, 7) is 3.67. The second-order valence-corrected chi connectivity index (χ2v) is 5.07. The molecule has 0 saturated heterocycles. The maximum absolute atomic E-state index is 5.47. The highest BCUT2D eigenvalue weighted by Crippen LogP contribution is 2.20. The quantitative estimate of drug-likeness (QED) is 0.855. The van der Waals surface area contributed by atoms with Crippen LogP contribution in [0.25, 0.3) is 0 Å². The van der Waals surface area contributed by atoms with Gasteiger partial charge in [-0.05, 0) is 39.9 Å². The smallest absolute Gasteiger partial charge is 0.0701 e. The van der Waals surface area contributed by atoms with Gasteiger partial charge in [0.1, 0.15) is 0 Å². The maximum Gasteiger partial charge on any atom is 0.0701 e. The topological polar surface area (TPSA) is 38.0 Å². The molecule has 0 bridgehead atoms. The van der Waals surface area contributed by atoms with Crippen molar-refractivity contribution >= 4 is 27.3 Å². The van der Waals surface area contributed by atoms with Gasteiger partial charge in [0.25, 0.3) is 0 Å². The highest BCUT2D eigenvalue weighted by atomic mass is 79.9. The first-order chi connectivity index (χ1) is 5.72. The molecule has 0 spiro atoms. The number of rotatable bonds is 4. The van der Waals surface area contributed by atoms with E-state index >= 15 is 0 Å². The molecule has 1 aromatic rings. The Morgan fingerprint density at radius 1 is 1.75 bits per heavy atom. The summed E-state index contributed by atoms with van der Waals surface area (Å²) in [4.78, 5) is 0. The summed E-state index contributed by atoms with van der Waals surface area (Å²) in [5.74, 6) is 0. The van der Waals surface area contributed by atoms with Crippen LogP contribution in [0.5, 0.6) is 0 Å². The van der Waals surface area contributed by atoms with Gasteiger partial charge in [-0.25, -0.2) is 0 Å². The Balaban J connectivity index is 2.33. The van der Waals surface area contributed by atoms with Gasteiger partial charge < -0.3 is 11.1 Å². The summed E-state index contributed by atoms with van der Waals surface area (Å²) in [7, 11) is 0. The lowest BCUT2D eigenvalue weighted by molar-refractivity contribution is 0.557. The summed E-state index contributed by atoms with van der Waals surface area (Å²) in [5, 5.41) is 5.46. The van der Waals surface area contributed by atoms with Gasteiger partial charge in [-0.15, -0.1) is 11.3 Å². The maximum atomic E-state index is 5.47. The molecule has 0 radical (unpaired) electrons. The molecular formula is C8H13BrN2S. The van der Waals surface area contributed by atoms with Crippen molar-refractivity contribution in [2.24, 2.45) is 5.73 Å². The zero-order chi connectivity index (χ0) is 8.97. The molecule has 1 rings (SSSR count). The summed E-state index contributed by atoms with van der Waals surface area (Å²) < 4.78 is 1.18. The van der Waals surface area contributed by atoms with Crippen LogP contribution in [0.4, 0.5) is 0 Å². The molecule has 68 valence electrons. The first kappa shape index (κ1) is 10.2. The van der Waals surface area contributed by atoms with Crippen LogP contribution in [0.3, 0.4) is 0 Å². The molecule has 1 aromatic heterocycles. The van der Waals surface area contributed by atoms with Crippen molar-refractivity contribution in [3.63, 3.8) is 0 Å². The van der Waals surface area contributed by atoms with E-state index in [-0.39, 0.29) is 0 Å². The fourth-order valence-electron chi connectivity index (χ4n) is 0.814. The van der Waals surface area contributed by atoms with E-state index in [9.17, 15) is 0 Å². The van der Waals surface area contributed by atoms with Crippen molar-refractivity contribution in [3.8, 4) is 0 Å². The molecule has 0 aliphatic heterocycles. The Morgan fingerprint density at radius 3 is 3.00 bits per heavy atom. The molecule has 2 nitrogen and oxygen atoms in total. The molecule has 0 aromatic carbocycles. The number of halogens is 1. The molecule has 1 heterocycles. The second kappa shape index (κ2) is 4.97. The Labute approximate surface area is 85.3 Å². The van der Waals surface area contributed by atoms with Crippen LogP contribution in [0.15, 0.2) is 15.2 Å². The molecule has 4 heteroatoms. The fraction of sp³-hybridized carbons (Fsp3) is 0.500. The van der Waals surface area contributed by atoms with Gasteiger partial charge in [0, 0.05) is 19.1 Å². The fourth-order valence-corrected chi connectivity index (χ4v) is 2.02. The molecule has 3 N–H and O–H groups in total.